The number of nitrogens with zero attached hydrogens (tertiary/aromatic N) is 4. The quantitative estimate of drug-likeness (QED) is 0.0403. The lowest BCUT2D eigenvalue weighted by atomic mass is 10.1. The number of amides is 6. The van der Waals surface area contributed by atoms with Crippen molar-refractivity contribution < 1.29 is 69.8 Å². The van der Waals surface area contributed by atoms with Crippen LogP contribution in [0.25, 0.3) is 0 Å². The molecule has 378 valence electrons. The van der Waals surface area contributed by atoms with Crippen molar-refractivity contribution in [1.29, 1.82) is 10.8 Å². The van der Waals surface area contributed by atoms with Crippen LogP contribution in [0.15, 0.2) is 48.5 Å². The summed E-state index contributed by atoms with van der Waals surface area (Å²) in [6.07, 6.45) is -1.37. The molecule has 3 fully saturated rings. The van der Waals surface area contributed by atoms with Crippen molar-refractivity contribution in [3.8, 4) is 0 Å². The number of esters is 3. The summed E-state index contributed by atoms with van der Waals surface area (Å²) >= 11 is 0. The molecule has 6 N–H and O–H groups in total. The predicted octanol–water partition coefficient (Wildman–Crippen LogP) is 1.33. The molecule has 3 heterocycles. The molecule has 2 aromatic rings. The van der Waals surface area contributed by atoms with Crippen LogP contribution in [0.3, 0.4) is 0 Å². The molecule has 25 nitrogen and oxygen atoms in total. The molecule has 3 saturated heterocycles. The van der Waals surface area contributed by atoms with Gasteiger partial charge in [0.2, 0.25) is 0 Å². The number of rotatable bonds is 18. The molecule has 69 heavy (non-hydrogen) atoms. The number of cyclic esters (lactones) is 2. The minimum Gasteiger partial charge on any atom is -0.465 e. The maximum absolute atomic E-state index is 12.5. The Morgan fingerprint density at radius 1 is 0.710 bits per heavy atom. The first-order valence-corrected chi connectivity index (χ1v) is 23.7. The number of urea groups is 2. The van der Waals surface area contributed by atoms with Gasteiger partial charge in [-0.05, 0) is 83.1 Å². The monoisotopic (exact) mass is 988 g/mol. The van der Waals surface area contributed by atoms with E-state index in [1.165, 1.54) is 21.9 Å². The molecule has 26 heteroatoms. The van der Waals surface area contributed by atoms with Gasteiger partial charge in [-0.15, -0.1) is 0 Å². The third-order valence-electron chi connectivity index (χ3n) is 10.1. The van der Waals surface area contributed by atoms with Crippen LogP contribution in [0.4, 0.5) is 30.6 Å². The third-order valence-corrected chi connectivity index (χ3v) is 10.7. The molecule has 2 aromatic carbocycles. The summed E-state index contributed by atoms with van der Waals surface area (Å²) in [5.41, 5.74) is 1.87. The average molecular weight is 989 g/mol. The van der Waals surface area contributed by atoms with Crippen LogP contribution in [0, 0.1) is 10.8 Å². The Hall–Kier alpha value is -6.90. The van der Waals surface area contributed by atoms with Crippen LogP contribution in [-0.2, 0) is 52.4 Å². The van der Waals surface area contributed by atoms with Crippen molar-refractivity contribution in [3.05, 3.63) is 59.7 Å². The van der Waals surface area contributed by atoms with E-state index in [0.29, 0.717) is 35.6 Å². The highest BCUT2D eigenvalue weighted by Gasteiger charge is 2.36. The Kier molecular flexibility index (Phi) is 20.6. The molecule has 0 bridgehead atoms. The van der Waals surface area contributed by atoms with E-state index in [-0.39, 0.29) is 75.3 Å². The van der Waals surface area contributed by atoms with Gasteiger partial charge in [0.25, 0.3) is 10.1 Å². The summed E-state index contributed by atoms with van der Waals surface area (Å²) in [7, 11) is -3.65. The molecule has 3 atom stereocenters. The van der Waals surface area contributed by atoms with Gasteiger partial charge in [-0.1, -0.05) is 0 Å². The van der Waals surface area contributed by atoms with Crippen molar-refractivity contribution in [2.45, 2.75) is 59.0 Å². The summed E-state index contributed by atoms with van der Waals surface area (Å²) in [6.45, 7) is 12.4. The first-order valence-electron chi connectivity index (χ1n) is 21.9. The van der Waals surface area contributed by atoms with Crippen LogP contribution in [0.1, 0.15) is 45.7 Å². The standard InChI is InChI=1S/C26H38N6O7.C17H22N4O8S/c1-5-37-22(33)14-28-25(35)29-23(27)19-6-8-20(9-7-19)32-16-21(39-26(32)36)15-30-10-12-31(13-11-30)18(4)24(34)38-17(2)3;1-3-27-14(22)8-19-16(23)20-15(18)11-4-6-12(7-5-11)21-9-13(29-17(21)24)10-28-30(2,25)26/h6-9,17-18,21H,5,10-16H2,1-4H3,(H3,27,28,29,35);4-7,13H,3,8-10H2,1-2H3,(H3,18,19,20,23). The molecule has 0 radical (unpaired) electrons. The van der Waals surface area contributed by atoms with E-state index in [0.717, 1.165) is 32.4 Å². The van der Waals surface area contributed by atoms with Crippen LogP contribution < -0.4 is 31.1 Å². The second-order valence-electron chi connectivity index (χ2n) is 15.8. The van der Waals surface area contributed by atoms with Gasteiger partial charge in [0.1, 0.15) is 49.6 Å². The zero-order valence-electron chi connectivity index (χ0n) is 39.2. The van der Waals surface area contributed by atoms with Crippen molar-refractivity contribution in [1.82, 2.24) is 31.1 Å². The number of piperazine rings is 1. The number of ether oxygens (including phenoxy) is 5. The minimum absolute atomic E-state index is 0.0969. The third kappa shape index (κ3) is 17.9. The number of carbonyl (C=O) groups is 7. The molecule has 0 aromatic heterocycles. The highest BCUT2D eigenvalue weighted by atomic mass is 32.2. The molecule has 6 amide bonds. The molecule has 0 saturated carbocycles. The van der Waals surface area contributed by atoms with Crippen molar-refractivity contribution >= 4 is 75.3 Å². The minimum atomic E-state index is -3.65. The van der Waals surface area contributed by atoms with Gasteiger partial charge in [-0.2, -0.15) is 8.42 Å². The summed E-state index contributed by atoms with van der Waals surface area (Å²) in [4.78, 5) is 90.1. The van der Waals surface area contributed by atoms with Crippen molar-refractivity contribution in [2.24, 2.45) is 0 Å². The van der Waals surface area contributed by atoms with E-state index in [1.54, 1.807) is 50.2 Å². The predicted molar refractivity (Wildman–Crippen MR) is 248 cm³/mol. The van der Waals surface area contributed by atoms with E-state index in [2.05, 4.69) is 40.0 Å². The number of amidine groups is 2. The fourth-order valence-corrected chi connectivity index (χ4v) is 7.15. The average Bonchev–Trinajstić information content (AvgIpc) is 3.87. The van der Waals surface area contributed by atoms with Crippen LogP contribution in [0.5, 0.6) is 0 Å². The maximum Gasteiger partial charge on any atom is 0.414 e. The van der Waals surface area contributed by atoms with Gasteiger partial charge >= 0.3 is 42.2 Å². The Balaban J connectivity index is 0.000000311. The Morgan fingerprint density at radius 3 is 1.57 bits per heavy atom. The second kappa shape index (κ2) is 26.0. The molecule has 5 rings (SSSR count). The second-order valence-corrected chi connectivity index (χ2v) is 17.4. The number of carbonyl (C=O) groups excluding carboxylic acids is 7. The molecule has 0 spiro atoms. The highest BCUT2D eigenvalue weighted by molar-refractivity contribution is 7.86. The lowest BCUT2D eigenvalue weighted by molar-refractivity contribution is -0.154. The van der Waals surface area contributed by atoms with E-state index < -0.39 is 52.4 Å². The smallest absolute Gasteiger partial charge is 0.414 e. The lowest BCUT2D eigenvalue weighted by Crippen LogP contribution is -2.53. The van der Waals surface area contributed by atoms with Crippen molar-refractivity contribution in [3.63, 3.8) is 0 Å². The van der Waals surface area contributed by atoms with Gasteiger partial charge in [0, 0.05) is 55.2 Å². The van der Waals surface area contributed by atoms with E-state index >= 15 is 0 Å². The van der Waals surface area contributed by atoms with Crippen LogP contribution >= 0.6 is 0 Å². The number of hydrogen-bond donors (Lipinski definition) is 6. The van der Waals surface area contributed by atoms with Gasteiger partial charge in [0.15, 0.2) is 0 Å². The van der Waals surface area contributed by atoms with E-state index in [4.69, 9.17) is 29.8 Å². The topological polar surface area (TPSA) is 318 Å². The Morgan fingerprint density at radius 2 is 1.14 bits per heavy atom. The van der Waals surface area contributed by atoms with Gasteiger partial charge in [0.05, 0.1) is 38.7 Å². The van der Waals surface area contributed by atoms with Crippen LogP contribution in [-0.4, -0.2) is 181 Å². The number of anilines is 2. The molecule has 0 aliphatic carbocycles. The van der Waals surface area contributed by atoms with Crippen LogP contribution in [0.2, 0.25) is 0 Å². The maximum atomic E-state index is 12.5. The summed E-state index contributed by atoms with van der Waals surface area (Å²) in [5, 5.41) is 25.2. The number of hydrogen-bond acceptors (Lipinski definition) is 19. The number of nitrogens with one attached hydrogen (secondary N) is 6. The fraction of sp³-hybridized carbons (Fsp3) is 0.512. The Bertz CT molecular complexity index is 2270. The SMILES string of the molecule is CCOC(=O)CNC(=O)NC(=N)c1ccc(N2CC(CN3CCN(C(C)C(=O)OC(C)C)CC3)OC2=O)cc1.CCOC(=O)CNC(=O)NC(=N)c1ccc(N2CC(COS(C)(=O)=O)OC2=O)cc1. The highest BCUT2D eigenvalue weighted by Crippen LogP contribution is 2.24. The van der Waals surface area contributed by atoms with Gasteiger partial charge in [-0.3, -0.25) is 59.6 Å². The molecular formula is C43H60N10O15S. The first kappa shape index (κ1) is 54.7. The lowest BCUT2D eigenvalue weighted by Gasteiger charge is -2.37. The summed E-state index contributed by atoms with van der Waals surface area (Å²) < 4.78 is 52.1. The Labute approximate surface area is 399 Å². The zero-order chi connectivity index (χ0) is 50.8. The summed E-state index contributed by atoms with van der Waals surface area (Å²) in [5.74, 6) is -1.75. The zero-order valence-corrected chi connectivity index (χ0v) is 40.1. The summed E-state index contributed by atoms with van der Waals surface area (Å²) in [6, 6.07) is 11.0. The number of benzene rings is 2. The van der Waals surface area contributed by atoms with Gasteiger partial charge in [-0.25, -0.2) is 19.2 Å². The van der Waals surface area contributed by atoms with Crippen molar-refractivity contribution in [2.75, 3.05) is 94.8 Å². The van der Waals surface area contributed by atoms with Gasteiger partial charge < -0.3 is 34.3 Å². The molecule has 3 aliphatic rings. The molecular weight excluding hydrogens is 929 g/mol. The first-order chi connectivity index (χ1) is 32.7. The largest absolute Gasteiger partial charge is 0.465 e. The molecule has 3 aliphatic heterocycles. The van der Waals surface area contributed by atoms with E-state index in [1.807, 2.05) is 20.8 Å². The fourth-order valence-electron chi connectivity index (χ4n) is 6.75. The van der Waals surface area contributed by atoms with E-state index in [9.17, 15) is 42.0 Å². The normalized spacial score (nSPS) is 17.6. The molecule has 3 unspecified atom stereocenters.